The van der Waals surface area contributed by atoms with Crippen LogP contribution < -0.4 is 20.7 Å². The average molecular weight is 295 g/mol. The quantitative estimate of drug-likeness (QED) is 0.795. The van der Waals surface area contributed by atoms with Gasteiger partial charge in [0.25, 0.3) is 0 Å². The Morgan fingerprint density at radius 1 is 1.57 bits per heavy atom. The van der Waals surface area contributed by atoms with Crippen LogP contribution in [0.3, 0.4) is 0 Å². The summed E-state index contributed by atoms with van der Waals surface area (Å²) < 4.78 is 9.47. The second-order valence-corrected chi connectivity index (χ2v) is 5.10. The molecule has 114 valence electrons. The van der Waals surface area contributed by atoms with E-state index in [1.807, 2.05) is 13.8 Å². The van der Waals surface area contributed by atoms with Crippen molar-refractivity contribution in [3.63, 3.8) is 0 Å². The van der Waals surface area contributed by atoms with Gasteiger partial charge in [0.05, 0.1) is 24.9 Å². The number of anilines is 2. The number of amides is 2. The van der Waals surface area contributed by atoms with Crippen molar-refractivity contribution < 1.29 is 19.1 Å². The molecule has 9 heteroatoms. The first-order chi connectivity index (χ1) is 9.82. The Morgan fingerprint density at radius 2 is 2.29 bits per heavy atom. The van der Waals surface area contributed by atoms with Gasteiger partial charge in [-0.1, -0.05) is 0 Å². The molecule has 1 saturated heterocycles. The molecule has 0 spiro atoms. The molecule has 1 aliphatic rings. The van der Waals surface area contributed by atoms with Gasteiger partial charge in [-0.05, 0) is 20.8 Å². The van der Waals surface area contributed by atoms with Crippen molar-refractivity contribution in [1.82, 2.24) is 15.3 Å². The van der Waals surface area contributed by atoms with Crippen molar-refractivity contribution >= 4 is 24.0 Å². The van der Waals surface area contributed by atoms with Gasteiger partial charge < -0.3 is 20.5 Å². The summed E-state index contributed by atoms with van der Waals surface area (Å²) in [5.74, 6) is 0.0772. The molecule has 1 aromatic rings. The van der Waals surface area contributed by atoms with Crippen LogP contribution in [0.4, 0.5) is 21.4 Å². The topological polar surface area (TPSA) is 120 Å². The maximum atomic E-state index is 11.8. The minimum absolute atomic E-state index is 0.0175. The van der Waals surface area contributed by atoms with E-state index in [2.05, 4.69) is 20.0 Å². The van der Waals surface area contributed by atoms with Crippen molar-refractivity contribution in [3.8, 4) is 5.75 Å². The van der Waals surface area contributed by atoms with Crippen LogP contribution in [-0.4, -0.2) is 40.8 Å². The summed E-state index contributed by atoms with van der Waals surface area (Å²) >= 11 is 0. The highest BCUT2D eigenvalue weighted by Crippen LogP contribution is 2.24. The summed E-state index contributed by atoms with van der Waals surface area (Å²) in [5, 5.41) is 2.79. The number of hydrogen-bond donors (Lipinski definition) is 2. The fraction of sp³-hybridized carbons (Fsp3) is 0.500. The Labute approximate surface area is 121 Å². The summed E-state index contributed by atoms with van der Waals surface area (Å²) in [6.07, 6.45) is 0.341. The molecule has 0 aromatic carbocycles. The number of hydrogen-bond acceptors (Lipinski definition) is 7. The molecule has 3 N–H and O–H groups in total. The lowest BCUT2D eigenvalue weighted by Crippen LogP contribution is -2.36. The van der Waals surface area contributed by atoms with Gasteiger partial charge >= 0.3 is 12.2 Å². The maximum absolute atomic E-state index is 11.8. The smallest absolute Gasteiger partial charge is 0.434 e. The predicted molar refractivity (Wildman–Crippen MR) is 74.1 cm³/mol. The first kappa shape index (κ1) is 14.8. The third kappa shape index (κ3) is 3.30. The van der Waals surface area contributed by atoms with Crippen LogP contribution in [0.15, 0.2) is 6.20 Å². The monoisotopic (exact) mass is 295 g/mol. The standard InChI is InChI=1S/C12H17N5O4/c1-4-20-11(19)21-7-5-14-9(15-8(7)13)17-6-12(2,3)16-10(17)18/h5H,4,6H2,1-3H3,(H,16,18)(H2,13,14,15). The summed E-state index contributed by atoms with van der Waals surface area (Å²) in [5.41, 5.74) is 5.32. The van der Waals surface area contributed by atoms with Crippen LogP contribution in [0.25, 0.3) is 0 Å². The van der Waals surface area contributed by atoms with Gasteiger partial charge in [-0.15, -0.1) is 0 Å². The molecule has 1 aliphatic heterocycles. The summed E-state index contributed by atoms with van der Waals surface area (Å²) in [4.78, 5) is 32.4. The largest absolute Gasteiger partial charge is 0.514 e. The number of nitrogens with zero attached hydrogens (tertiary/aromatic N) is 3. The number of nitrogen functional groups attached to an aromatic ring is 1. The Hall–Kier alpha value is -2.58. The molecule has 0 saturated carbocycles. The molecular formula is C12H17N5O4. The Balaban J connectivity index is 2.16. The van der Waals surface area contributed by atoms with Gasteiger partial charge in [0.15, 0.2) is 11.6 Å². The zero-order valence-corrected chi connectivity index (χ0v) is 12.0. The van der Waals surface area contributed by atoms with Crippen LogP contribution in [0, 0.1) is 0 Å². The molecule has 1 aromatic heterocycles. The molecule has 0 unspecified atom stereocenters. The molecule has 2 amide bonds. The van der Waals surface area contributed by atoms with E-state index < -0.39 is 6.16 Å². The number of aromatic nitrogens is 2. The molecule has 2 rings (SSSR count). The number of carbonyl (C=O) groups excluding carboxylic acids is 2. The van der Waals surface area contributed by atoms with E-state index in [4.69, 9.17) is 10.5 Å². The molecule has 0 atom stereocenters. The van der Waals surface area contributed by atoms with Crippen LogP contribution in [-0.2, 0) is 4.74 Å². The second kappa shape index (κ2) is 5.43. The SMILES string of the molecule is CCOC(=O)Oc1cnc(N2CC(C)(C)NC2=O)nc1N. The Morgan fingerprint density at radius 3 is 2.81 bits per heavy atom. The molecule has 1 fully saturated rings. The third-order valence-corrected chi connectivity index (χ3v) is 2.71. The number of carbonyl (C=O) groups is 2. The van der Waals surface area contributed by atoms with E-state index >= 15 is 0 Å². The fourth-order valence-corrected chi connectivity index (χ4v) is 1.85. The zero-order chi connectivity index (χ0) is 15.6. The molecule has 0 bridgehead atoms. The molecular weight excluding hydrogens is 278 g/mol. The van der Waals surface area contributed by atoms with Gasteiger partial charge in [0, 0.05) is 0 Å². The molecule has 0 radical (unpaired) electrons. The van der Waals surface area contributed by atoms with E-state index in [0.29, 0.717) is 6.54 Å². The highest BCUT2D eigenvalue weighted by Gasteiger charge is 2.37. The Kier molecular flexibility index (Phi) is 3.83. The van der Waals surface area contributed by atoms with E-state index in [9.17, 15) is 9.59 Å². The van der Waals surface area contributed by atoms with Crippen molar-refractivity contribution in [3.05, 3.63) is 6.20 Å². The highest BCUT2D eigenvalue weighted by molar-refractivity contribution is 5.93. The van der Waals surface area contributed by atoms with Crippen LogP contribution in [0.2, 0.25) is 0 Å². The Bertz CT molecular complexity index is 575. The molecule has 9 nitrogen and oxygen atoms in total. The number of urea groups is 1. The van der Waals surface area contributed by atoms with Gasteiger partial charge in [-0.3, -0.25) is 4.90 Å². The van der Waals surface area contributed by atoms with Crippen LogP contribution in [0.1, 0.15) is 20.8 Å². The summed E-state index contributed by atoms with van der Waals surface area (Å²) in [7, 11) is 0. The number of nitrogens with two attached hydrogens (primary N) is 1. The van der Waals surface area contributed by atoms with Gasteiger partial charge in [0.2, 0.25) is 5.95 Å². The van der Waals surface area contributed by atoms with Crippen molar-refractivity contribution in [2.45, 2.75) is 26.3 Å². The van der Waals surface area contributed by atoms with Gasteiger partial charge in [0.1, 0.15) is 0 Å². The van der Waals surface area contributed by atoms with E-state index in [1.165, 1.54) is 11.1 Å². The lowest BCUT2D eigenvalue weighted by molar-refractivity contribution is 0.104. The number of rotatable bonds is 3. The highest BCUT2D eigenvalue weighted by atomic mass is 16.7. The predicted octanol–water partition coefficient (Wildman–Crippen LogP) is 0.902. The van der Waals surface area contributed by atoms with Crippen molar-refractivity contribution in [2.24, 2.45) is 0 Å². The summed E-state index contributed by atoms with van der Waals surface area (Å²) in [6, 6.07) is -0.307. The lowest BCUT2D eigenvalue weighted by atomic mass is 10.1. The summed E-state index contributed by atoms with van der Waals surface area (Å²) in [6.45, 7) is 6.00. The van der Waals surface area contributed by atoms with Crippen molar-refractivity contribution in [2.75, 3.05) is 23.8 Å². The van der Waals surface area contributed by atoms with E-state index in [-0.39, 0.29) is 35.7 Å². The third-order valence-electron chi connectivity index (χ3n) is 2.71. The molecule has 2 heterocycles. The molecule has 21 heavy (non-hydrogen) atoms. The zero-order valence-electron chi connectivity index (χ0n) is 12.0. The molecule has 0 aliphatic carbocycles. The van der Waals surface area contributed by atoms with E-state index in [0.717, 1.165) is 0 Å². The van der Waals surface area contributed by atoms with Crippen LogP contribution in [0.5, 0.6) is 5.75 Å². The van der Waals surface area contributed by atoms with Gasteiger partial charge in [-0.25, -0.2) is 14.6 Å². The fourth-order valence-electron chi connectivity index (χ4n) is 1.85. The first-order valence-electron chi connectivity index (χ1n) is 6.39. The average Bonchev–Trinajstić information content (AvgIpc) is 2.65. The second-order valence-electron chi connectivity index (χ2n) is 5.10. The lowest BCUT2D eigenvalue weighted by Gasteiger charge is -2.16. The minimum atomic E-state index is -0.888. The van der Waals surface area contributed by atoms with Crippen molar-refractivity contribution in [1.29, 1.82) is 0 Å². The van der Waals surface area contributed by atoms with E-state index in [1.54, 1.807) is 6.92 Å². The normalized spacial score (nSPS) is 16.5. The maximum Gasteiger partial charge on any atom is 0.514 e. The van der Waals surface area contributed by atoms with Crippen LogP contribution >= 0.6 is 0 Å². The number of nitrogens with one attached hydrogen (secondary N) is 1. The first-order valence-corrected chi connectivity index (χ1v) is 6.39. The minimum Gasteiger partial charge on any atom is -0.434 e. The number of ether oxygens (including phenoxy) is 2. The van der Waals surface area contributed by atoms with Gasteiger partial charge in [-0.2, -0.15) is 4.98 Å².